The van der Waals surface area contributed by atoms with Crippen LogP contribution < -0.4 is 5.32 Å². The Morgan fingerprint density at radius 2 is 1.85 bits per heavy atom. The van der Waals surface area contributed by atoms with E-state index in [1.165, 1.54) is 0 Å². The number of benzene rings is 2. The summed E-state index contributed by atoms with van der Waals surface area (Å²) < 4.78 is 5.21. The van der Waals surface area contributed by atoms with E-state index in [-0.39, 0.29) is 11.9 Å². The van der Waals surface area contributed by atoms with Crippen LogP contribution in [0.5, 0.6) is 0 Å². The minimum absolute atomic E-state index is 0.106. The highest BCUT2D eigenvalue weighted by atomic mass is 35.5. The summed E-state index contributed by atoms with van der Waals surface area (Å²) in [6.45, 7) is 4.68. The van der Waals surface area contributed by atoms with Gasteiger partial charge in [0.2, 0.25) is 0 Å². The molecule has 0 atom stereocenters. The number of esters is 1. The topological polar surface area (TPSA) is 64.1 Å². The van der Waals surface area contributed by atoms with Crippen LogP contribution in [0.3, 0.4) is 0 Å². The molecule has 0 radical (unpaired) electrons. The van der Waals surface area contributed by atoms with Crippen LogP contribution in [0, 0.1) is 5.92 Å². The van der Waals surface area contributed by atoms with Crippen LogP contribution in [0.15, 0.2) is 48.5 Å². The van der Waals surface area contributed by atoms with E-state index in [0.29, 0.717) is 30.4 Å². The van der Waals surface area contributed by atoms with Gasteiger partial charge in [0, 0.05) is 22.5 Å². The summed E-state index contributed by atoms with van der Waals surface area (Å²) >= 11 is 5.98. The smallest absolute Gasteiger partial charge is 0.308 e. The number of fused-ring (bicyclic) bond motifs is 1. The van der Waals surface area contributed by atoms with Crippen molar-refractivity contribution in [1.82, 2.24) is 9.97 Å². The minimum Gasteiger partial charge on any atom is -0.465 e. The normalized spacial score (nSPS) is 11.0. The van der Waals surface area contributed by atoms with Crippen LogP contribution in [0.1, 0.15) is 20.3 Å². The van der Waals surface area contributed by atoms with Crippen LogP contribution in [0.2, 0.25) is 5.02 Å². The molecule has 0 spiro atoms. The van der Waals surface area contributed by atoms with E-state index in [0.717, 1.165) is 22.3 Å². The Morgan fingerprint density at radius 3 is 2.59 bits per heavy atom. The second-order valence-corrected chi connectivity index (χ2v) is 6.96. The molecule has 0 bridgehead atoms. The molecule has 0 unspecified atom stereocenters. The predicted molar refractivity (Wildman–Crippen MR) is 109 cm³/mol. The highest BCUT2D eigenvalue weighted by Gasteiger charge is 2.10. The molecule has 5 nitrogen and oxygen atoms in total. The SMILES string of the molecule is CC(C)C(=O)OCCCNc1nc(-c2ccc(Cl)cc2)nc2ccccc12. The first-order valence-electron chi connectivity index (χ1n) is 8.98. The van der Waals surface area contributed by atoms with Crippen molar-refractivity contribution in [3.63, 3.8) is 0 Å². The zero-order chi connectivity index (χ0) is 19.2. The number of carbonyl (C=O) groups excluding carboxylic acids is 1. The summed E-state index contributed by atoms with van der Waals surface area (Å²) in [4.78, 5) is 20.9. The second kappa shape index (κ2) is 8.82. The van der Waals surface area contributed by atoms with Gasteiger partial charge in [0.25, 0.3) is 0 Å². The second-order valence-electron chi connectivity index (χ2n) is 6.52. The molecule has 0 saturated heterocycles. The average molecular weight is 384 g/mol. The fraction of sp³-hybridized carbons (Fsp3) is 0.286. The van der Waals surface area contributed by atoms with Gasteiger partial charge in [-0.15, -0.1) is 0 Å². The van der Waals surface area contributed by atoms with Crippen LogP contribution in [-0.2, 0) is 9.53 Å². The van der Waals surface area contributed by atoms with Gasteiger partial charge in [-0.25, -0.2) is 9.97 Å². The average Bonchev–Trinajstić information content (AvgIpc) is 2.67. The monoisotopic (exact) mass is 383 g/mol. The van der Waals surface area contributed by atoms with Gasteiger partial charge in [-0.3, -0.25) is 4.79 Å². The number of ether oxygens (including phenoxy) is 1. The van der Waals surface area contributed by atoms with Gasteiger partial charge in [-0.1, -0.05) is 37.6 Å². The largest absolute Gasteiger partial charge is 0.465 e. The highest BCUT2D eigenvalue weighted by molar-refractivity contribution is 6.30. The number of carbonyl (C=O) groups is 1. The number of halogens is 1. The van der Waals surface area contributed by atoms with E-state index in [1.807, 2.05) is 62.4 Å². The number of rotatable bonds is 7. The Kier molecular flexibility index (Phi) is 6.24. The summed E-state index contributed by atoms with van der Waals surface area (Å²) in [6.07, 6.45) is 0.701. The van der Waals surface area contributed by atoms with Crippen LogP contribution in [0.4, 0.5) is 5.82 Å². The zero-order valence-corrected chi connectivity index (χ0v) is 16.2. The van der Waals surface area contributed by atoms with E-state index in [1.54, 1.807) is 0 Å². The van der Waals surface area contributed by atoms with Crippen molar-refractivity contribution < 1.29 is 9.53 Å². The molecule has 27 heavy (non-hydrogen) atoms. The summed E-state index contributed by atoms with van der Waals surface area (Å²) in [5, 5.41) is 4.97. The van der Waals surface area contributed by atoms with E-state index in [9.17, 15) is 4.79 Å². The van der Waals surface area contributed by atoms with Gasteiger partial charge >= 0.3 is 5.97 Å². The maximum atomic E-state index is 11.5. The third-order valence-electron chi connectivity index (χ3n) is 4.03. The van der Waals surface area contributed by atoms with E-state index < -0.39 is 0 Å². The molecular weight excluding hydrogens is 362 g/mol. The molecular formula is C21H22ClN3O2. The Labute approximate surface area is 163 Å². The summed E-state index contributed by atoms with van der Waals surface area (Å²) in [5.41, 5.74) is 1.77. The molecule has 0 aliphatic heterocycles. The van der Waals surface area contributed by atoms with Crippen LogP contribution in [0.25, 0.3) is 22.3 Å². The van der Waals surface area contributed by atoms with Crippen molar-refractivity contribution in [1.29, 1.82) is 0 Å². The molecule has 140 valence electrons. The van der Waals surface area contributed by atoms with Crippen LogP contribution >= 0.6 is 11.6 Å². The molecule has 0 aliphatic rings. The lowest BCUT2D eigenvalue weighted by Crippen LogP contribution is -2.14. The van der Waals surface area contributed by atoms with Gasteiger partial charge < -0.3 is 10.1 Å². The number of hydrogen-bond donors (Lipinski definition) is 1. The van der Waals surface area contributed by atoms with Crippen molar-refractivity contribution in [2.45, 2.75) is 20.3 Å². The maximum Gasteiger partial charge on any atom is 0.308 e. The van der Waals surface area contributed by atoms with Gasteiger partial charge in [0.05, 0.1) is 18.0 Å². The molecule has 1 aromatic heterocycles. The van der Waals surface area contributed by atoms with Gasteiger partial charge in [0.1, 0.15) is 5.82 Å². The van der Waals surface area contributed by atoms with Crippen LogP contribution in [-0.4, -0.2) is 29.1 Å². The summed E-state index contributed by atoms with van der Waals surface area (Å²) in [5.74, 6) is 1.12. The van der Waals surface area contributed by atoms with E-state index >= 15 is 0 Å². The highest BCUT2D eigenvalue weighted by Crippen LogP contribution is 2.25. The first-order chi connectivity index (χ1) is 13.0. The molecule has 0 saturated carbocycles. The molecule has 2 aromatic carbocycles. The van der Waals surface area contributed by atoms with Crippen molar-refractivity contribution in [2.75, 3.05) is 18.5 Å². The number of nitrogens with zero attached hydrogens (tertiary/aromatic N) is 2. The lowest BCUT2D eigenvalue weighted by atomic mass is 10.2. The number of para-hydroxylation sites is 1. The molecule has 0 aliphatic carbocycles. The van der Waals surface area contributed by atoms with Gasteiger partial charge in [-0.05, 0) is 42.8 Å². The fourth-order valence-corrected chi connectivity index (χ4v) is 2.68. The fourth-order valence-electron chi connectivity index (χ4n) is 2.56. The first kappa shape index (κ1) is 19.1. The van der Waals surface area contributed by atoms with Gasteiger partial charge in [0.15, 0.2) is 5.82 Å². The minimum atomic E-state index is -0.174. The number of hydrogen-bond acceptors (Lipinski definition) is 5. The lowest BCUT2D eigenvalue weighted by molar-refractivity contribution is -0.147. The molecule has 1 heterocycles. The molecule has 0 fully saturated rings. The molecule has 6 heteroatoms. The Balaban J connectivity index is 1.75. The third-order valence-corrected chi connectivity index (χ3v) is 4.29. The van der Waals surface area contributed by atoms with Crippen molar-refractivity contribution >= 4 is 34.3 Å². The van der Waals surface area contributed by atoms with Gasteiger partial charge in [-0.2, -0.15) is 0 Å². The zero-order valence-electron chi connectivity index (χ0n) is 15.4. The predicted octanol–water partition coefficient (Wildman–Crippen LogP) is 4.95. The number of aromatic nitrogens is 2. The lowest BCUT2D eigenvalue weighted by Gasteiger charge is -2.12. The van der Waals surface area contributed by atoms with E-state index in [2.05, 4.69) is 15.3 Å². The summed E-state index contributed by atoms with van der Waals surface area (Å²) in [6, 6.07) is 15.3. The summed E-state index contributed by atoms with van der Waals surface area (Å²) in [7, 11) is 0. The standard InChI is InChI=1S/C21H22ClN3O2/c1-14(2)21(26)27-13-5-12-23-20-17-6-3-4-7-18(17)24-19(25-20)15-8-10-16(22)11-9-15/h3-4,6-11,14H,5,12-13H2,1-2H3,(H,23,24,25). The maximum absolute atomic E-state index is 11.5. The quantitative estimate of drug-likeness (QED) is 0.462. The van der Waals surface area contributed by atoms with Crippen molar-refractivity contribution in [3.05, 3.63) is 53.6 Å². The van der Waals surface area contributed by atoms with E-state index in [4.69, 9.17) is 16.3 Å². The Bertz CT molecular complexity index is 926. The molecule has 0 amide bonds. The first-order valence-corrected chi connectivity index (χ1v) is 9.35. The molecule has 3 rings (SSSR count). The third kappa shape index (κ3) is 4.95. The van der Waals surface area contributed by atoms with Crippen molar-refractivity contribution in [3.8, 4) is 11.4 Å². The Hall–Kier alpha value is -2.66. The Morgan fingerprint density at radius 1 is 1.11 bits per heavy atom. The molecule has 1 N–H and O–H groups in total. The van der Waals surface area contributed by atoms with Crippen molar-refractivity contribution in [2.24, 2.45) is 5.92 Å². The number of nitrogens with one attached hydrogen (secondary N) is 1. The molecule has 3 aromatic rings. The number of anilines is 1.